The van der Waals surface area contributed by atoms with Crippen LogP contribution < -0.4 is 4.74 Å². The number of benzene rings is 4. The Bertz CT molecular complexity index is 1380. The summed E-state index contributed by atoms with van der Waals surface area (Å²) in [5.41, 5.74) is 2.94. The quantitative estimate of drug-likeness (QED) is 0.209. The smallest absolute Gasteiger partial charge is 0.344 e. The Balaban J connectivity index is 1.50. The second-order valence-electron chi connectivity index (χ2n) is 7.39. The van der Waals surface area contributed by atoms with Gasteiger partial charge in [0.25, 0.3) is 0 Å². The van der Waals surface area contributed by atoms with Gasteiger partial charge in [0.15, 0.2) is 0 Å². The highest BCUT2D eigenvalue weighted by atomic mass is 32.2. The Labute approximate surface area is 184 Å². The summed E-state index contributed by atoms with van der Waals surface area (Å²) in [6.45, 7) is 1.97. The van der Waals surface area contributed by atoms with Crippen LogP contribution in [-0.2, 0) is 0 Å². The molecule has 0 radical (unpaired) electrons. The maximum absolute atomic E-state index is 13.0. The lowest BCUT2D eigenvalue weighted by Crippen LogP contribution is -2.10. The fourth-order valence-electron chi connectivity index (χ4n) is 3.71. The van der Waals surface area contributed by atoms with E-state index in [9.17, 15) is 9.59 Å². The third-order valence-electron chi connectivity index (χ3n) is 5.24. The van der Waals surface area contributed by atoms with Gasteiger partial charge in [0.1, 0.15) is 5.75 Å². The summed E-state index contributed by atoms with van der Waals surface area (Å²) in [6, 6.07) is 26.5. The number of hydrogen-bond acceptors (Lipinski definition) is 4. The van der Waals surface area contributed by atoms with Gasteiger partial charge in [-0.05, 0) is 54.1 Å². The van der Waals surface area contributed by atoms with Gasteiger partial charge in [-0.3, -0.25) is 4.79 Å². The Morgan fingerprint density at radius 2 is 1.68 bits per heavy atom. The summed E-state index contributed by atoms with van der Waals surface area (Å²) in [5.74, 6) is 0.00261. The molecule has 4 heteroatoms. The van der Waals surface area contributed by atoms with Crippen LogP contribution in [0.3, 0.4) is 0 Å². The van der Waals surface area contributed by atoms with Crippen molar-refractivity contribution in [2.24, 2.45) is 0 Å². The van der Waals surface area contributed by atoms with Crippen LogP contribution in [0.1, 0.15) is 31.8 Å². The van der Waals surface area contributed by atoms with Crippen LogP contribution in [-0.4, -0.2) is 11.8 Å². The van der Waals surface area contributed by atoms with Crippen LogP contribution in [0.15, 0.2) is 94.7 Å². The van der Waals surface area contributed by atoms with Gasteiger partial charge in [0, 0.05) is 16.0 Å². The van der Waals surface area contributed by atoms with Crippen LogP contribution in [0.2, 0.25) is 0 Å². The molecular formula is C27H18O3S. The Morgan fingerprint density at radius 1 is 0.903 bits per heavy atom. The van der Waals surface area contributed by atoms with Crippen molar-refractivity contribution in [3.8, 4) is 5.75 Å². The van der Waals surface area contributed by atoms with Gasteiger partial charge in [0.05, 0.1) is 10.5 Å². The minimum Gasteiger partial charge on any atom is -0.422 e. The monoisotopic (exact) mass is 422 g/mol. The molecule has 1 aliphatic heterocycles. The van der Waals surface area contributed by atoms with Crippen LogP contribution in [0, 0.1) is 6.92 Å². The Kier molecular flexibility index (Phi) is 4.92. The molecule has 0 saturated carbocycles. The van der Waals surface area contributed by atoms with Crippen molar-refractivity contribution in [2.45, 2.75) is 11.8 Å². The van der Waals surface area contributed by atoms with Crippen molar-refractivity contribution in [1.82, 2.24) is 0 Å². The molecule has 0 N–H and O–H groups in total. The van der Waals surface area contributed by atoms with Gasteiger partial charge in [0.2, 0.25) is 5.78 Å². The van der Waals surface area contributed by atoms with E-state index in [1.807, 2.05) is 85.8 Å². The average Bonchev–Trinajstić information content (AvgIpc) is 3.10. The second kappa shape index (κ2) is 7.89. The summed E-state index contributed by atoms with van der Waals surface area (Å²) >= 11 is 1.44. The highest BCUT2D eigenvalue weighted by molar-refractivity contribution is 8.04. The number of rotatable bonds is 3. The number of allylic oxidation sites excluding steroid dienone is 1. The largest absolute Gasteiger partial charge is 0.422 e. The van der Waals surface area contributed by atoms with Gasteiger partial charge in [-0.1, -0.05) is 71.9 Å². The van der Waals surface area contributed by atoms with Gasteiger partial charge in [-0.25, -0.2) is 4.79 Å². The first-order valence-corrected chi connectivity index (χ1v) is 10.8. The fraction of sp³-hybridized carbons (Fsp3) is 0.0370. The average molecular weight is 423 g/mol. The van der Waals surface area contributed by atoms with Crippen LogP contribution in [0.5, 0.6) is 5.75 Å². The van der Waals surface area contributed by atoms with Crippen molar-refractivity contribution in [3.63, 3.8) is 0 Å². The molecule has 1 aliphatic rings. The molecule has 1 heterocycles. The zero-order chi connectivity index (χ0) is 21.4. The SMILES string of the molecule is Cc1ccc(OC(=O)c2cccc3ccccc23)c(/C=C2\Sc3ccccc3C2=O)c1. The van der Waals surface area contributed by atoms with E-state index in [1.165, 1.54) is 11.8 Å². The molecule has 4 aromatic rings. The highest BCUT2D eigenvalue weighted by Gasteiger charge is 2.25. The molecule has 0 aliphatic carbocycles. The van der Waals surface area contributed by atoms with Crippen molar-refractivity contribution in [2.75, 3.05) is 0 Å². The number of Topliss-reactive ketones (excluding diaryl/α,β-unsaturated/α-hetero) is 1. The summed E-state index contributed by atoms with van der Waals surface area (Å²) in [6.07, 6.45) is 1.81. The van der Waals surface area contributed by atoms with E-state index >= 15 is 0 Å². The predicted octanol–water partition coefficient (Wildman–Crippen LogP) is 6.70. The van der Waals surface area contributed by atoms with Crippen LogP contribution >= 0.6 is 11.8 Å². The molecular weight excluding hydrogens is 404 g/mol. The second-order valence-corrected chi connectivity index (χ2v) is 8.48. The van der Waals surface area contributed by atoms with Gasteiger partial charge >= 0.3 is 5.97 Å². The molecule has 0 amide bonds. The molecule has 0 saturated heterocycles. The molecule has 0 unspecified atom stereocenters. The molecule has 0 aromatic heterocycles. The number of ether oxygens (including phenoxy) is 1. The molecule has 0 fully saturated rings. The van der Waals surface area contributed by atoms with Crippen LogP contribution in [0.4, 0.5) is 0 Å². The van der Waals surface area contributed by atoms with E-state index in [0.717, 1.165) is 21.2 Å². The van der Waals surface area contributed by atoms with E-state index in [4.69, 9.17) is 4.74 Å². The molecule has 31 heavy (non-hydrogen) atoms. The minimum absolute atomic E-state index is 0.00608. The first kappa shape index (κ1) is 19.3. The molecule has 3 nitrogen and oxygen atoms in total. The number of esters is 1. The van der Waals surface area contributed by atoms with E-state index in [-0.39, 0.29) is 5.78 Å². The van der Waals surface area contributed by atoms with E-state index in [0.29, 0.717) is 27.3 Å². The fourth-order valence-corrected chi connectivity index (χ4v) is 4.75. The normalized spacial score (nSPS) is 14.1. The number of fused-ring (bicyclic) bond motifs is 2. The number of aryl methyl sites for hydroxylation is 1. The lowest BCUT2D eigenvalue weighted by atomic mass is 10.0. The van der Waals surface area contributed by atoms with E-state index in [1.54, 1.807) is 12.1 Å². The summed E-state index contributed by atoms with van der Waals surface area (Å²) in [4.78, 5) is 27.4. The number of ketones is 1. The first-order valence-electron chi connectivity index (χ1n) is 9.94. The molecule has 5 rings (SSSR count). The third kappa shape index (κ3) is 3.66. The van der Waals surface area contributed by atoms with Gasteiger partial charge in [-0.2, -0.15) is 0 Å². The zero-order valence-electron chi connectivity index (χ0n) is 16.8. The number of carbonyl (C=O) groups excluding carboxylic acids is 2. The first-order chi connectivity index (χ1) is 15.1. The van der Waals surface area contributed by atoms with E-state index < -0.39 is 5.97 Å². The van der Waals surface area contributed by atoms with Crippen molar-refractivity contribution in [3.05, 3.63) is 112 Å². The zero-order valence-corrected chi connectivity index (χ0v) is 17.6. The minimum atomic E-state index is -0.422. The molecule has 150 valence electrons. The summed E-state index contributed by atoms with van der Waals surface area (Å²) < 4.78 is 5.81. The Hall–Kier alpha value is -3.63. The summed E-state index contributed by atoms with van der Waals surface area (Å²) in [7, 11) is 0. The van der Waals surface area contributed by atoms with Crippen molar-refractivity contribution < 1.29 is 14.3 Å². The summed E-state index contributed by atoms with van der Waals surface area (Å²) in [5, 5.41) is 1.83. The number of thioether (sulfide) groups is 1. The maximum atomic E-state index is 13.0. The van der Waals surface area contributed by atoms with Gasteiger partial charge in [-0.15, -0.1) is 0 Å². The van der Waals surface area contributed by atoms with Gasteiger partial charge < -0.3 is 4.74 Å². The van der Waals surface area contributed by atoms with Crippen molar-refractivity contribution >= 4 is 40.4 Å². The highest BCUT2D eigenvalue weighted by Crippen LogP contribution is 2.41. The lowest BCUT2D eigenvalue weighted by molar-refractivity contribution is 0.0736. The lowest BCUT2D eigenvalue weighted by Gasteiger charge is -2.11. The predicted molar refractivity (Wildman–Crippen MR) is 125 cm³/mol. The molecule has 0 atom stereocenters. The molecule has 0 spiro atoms. The standard InChI is InChI=1S/C27H18O3S/c1-17-13-14-23(30-27(29)21-11-6-8-18-7-2-3-9-20(18)21)19(15-17)16-25-26(28)22-10-4-5-12-24(22)31-25/h2-16H,1H3/b25-16-. The topological polar surface area (TPSA) is 43.4 Å². The van der Waals surface area contributed by atoms with Crippen molar-refractivity contribution in [1.29, 1.82) is 0 Å². The maximum Gasteiger partial charge on any atom is 0.344 e. The molecule has 0 bridgehead atoms. The molecule has 4 aromatic carbocycles. The van der Waals surface area contributed by atoms with Crippen LogP contribution in [0.25, 0.3) is 16.8 Å². The van der Waals surface area contributed by atoms with E-state index in [2.05, 4.69) is 0 Å². The number of hydrogen-bond donors (Lipinski definition) is 0. The Morgan fingerprint density at radius 3 is 2.55 bits per heavy atom. The third-order valence-corrected chi connectivity index (χ3v) is 6.34. The number of carbonyl (C=O) groups is 2.